The van der Waals surface area contributed by atoms with E-state index < -0.39 is 0 Å². The lowest BCUT2D eigenvalue weighted by molar-refractivity contribution is 0.263. The van der Waals surface area contributed by atoms with Gasteiger partial charge in [-0.1, -0.05) is 12.1 Å². The number of hydrogen-bond acceptors (Lipinski definition) is 2. The van der Waals surface area contributed by atoms with Crippen molar-refractivity contribution in [2.45, 2.75) is 39.2 Å². The molecule has 0 unspecified atom stereocenters. The summed E-state index contributed by atoms with van der Waals surface area (Å²) < 4.78 is 2.24. The highest BCUT2D eigenvalue weighted by molar-refractivity contribution is 6.16. The normalized spacial score (nSPS) is 11.9. The Kier molecular flexibility index (Phi) is 4.48. The number of para-hydroxylation sites is 1. The van der Waals surface area contributed by atoms with Gasteiger partial charge in [-0.05, 0) is 39.4 Å². The average Bonchev–Trinajstić information content (AvgIpc) is 2.75. The Labute approximate surface area is 120 Å². The molecule has 0 bridgehead atoms. The molecule has 0 aliphatic heterocycles. The maximum absolute atomic E-state index is 6.04. The number of likely N-dealkylation sites (N-methyl/N-ethyl adjacent to an activating group) is 1. The van der Waals surface area contributed by atoms with Crippen LogP contribution in [0.1, 0.15) is 25.2 Å². The molecule has 3 nitrogen and oxygen atoms in total. The zero-order valence-corrected chi connectivity index (χ0v) is 12.9. The predicted octanol–water partition coefficient (Wildman–Crippen LogP) is 3.42. The van der Waals surface area contributed by atoms with E-state index in [1.165, 1.54) is 11.1 Å². The summed E-state index contributed by atoms with van der Waals surface area (Å²) >= 11 is 6.04. The summed E-state index contributed by atoms with van der Waals surface area (Å²) in [6.45, 7) is 8.44. The van der Waals surface area contributed by atoms with E-state index in [1.54, 1.807) is 0 Å². The van der Waals surface area contributed by atoms with Crippen LogP contribution in [-0.4, -0.2) is 34.1 Å². The molecule has 19 heavy (non-hydrogen) atoms. The fraction of sp³-hybridized carbons (Fsp3) is 0.533. The molecule has 0 aliphatic rings. The summed E-state index contributed by atoms with van der Waals surface area (Å²) in [4.78, 5) is 7.00. The molecule has 0 spiro atoms. The largest absolute Gasteiger partial charge is 0.326 e. The number of hydrogen-bond donors (Lipinski definition) is 0. The molecule has 0 amide bonds. The Balaban J connectivity index is 2.33. The molecule has 0 radical (unpaired) electrons. The van der Waals surface area contributed by atoms with E-state index >= 15 is 0 Å². The smallest absolute Gasteiger partial charge is 0.124 e. The molecule has 0 atom stereocenters. The highest BCUT2D eigenvalue weighted by Crippen LogP contribution is 2.20. The van der Waals surface area contributed by atoms with Crippen LogP contribution in [0.3, 0.4) is 0 Å². The van der Waals surface area contributed by atoms with E-state index in [9.17, 15) is 0 Å². The standard InChI is InChI=1S/C15H22ClN3/c1-11(2)18(4)8-9-19-13-7-5-6-12(3)15(13)17-14(19)10-16/h5-7,11H,8-10H2,1-4H3. The number of benzene rings is 1. The highest BCUT2D eigenvalue weighted by atomic mass is 35.5. The number of halogens is 1. The molecule has 1 heterocycles. The van der Waals surface area contributed by atoms with Gasteiger partial charge in [0.05, 0.1) is 16.9 Å². The Morgan fingerprint density at radius 1 is 1.37 bits per heavy atom. The van der Waals surface area contributed by atoms with Gasteiger partial charge in [-0.25, -0.2) is 4.98 Å². The van der Waals surface area contributed by atoms with Gasteiger partial charge in [0.2, 0.25) is 0 Å². The second kappa shape index (κ2) is 5.93. The summed E-state index contributed by atoms with van der Waals surface area (Å²) in [5, 5.41) is 0. The molecule has 2 aromatic rings. The molecule has 0 aliphatic carbocycles. The van der Waals surface area contributed by atoms with Crippen LogP contribution in [0.4, 0.5) is 0 Å². The highest BCUT2D eigenvalue weighted by Gasteiger charge is 2.12. The minimum absolute atomic E-state index is 0.458. The van der Waals surface area contributed by atoms with Crippen LogP contribution in [0.5, 0.6) is 0 Å². The number of rotatable bonds is 5. The minimum atomic E-state index is 0.458. The Morgan fingerprint density at radius 2 is 2.11 bits per heavy atom. The molecule has 1 aromatic heterocycles. The second-order valence-electron chi connectivity index (χ2n) is 5.33. The van der Waals surface area contributed by atoms with Crippen molar-refractivity contribution in [3.05, 3.63) is 29.6 Å². The number of nitrogens with zero attached hydrogens (tertiary/aromatic N) is 3. The topological polar surface area (TPSA) is 21.1 Å². The maximum atomic E-state index is 6.04. The van der Waals surface area contributed by atoms with Gasteiger partial charge >= 0.3 is 0 Å². The average molecular weight is 280 g/mol. The minimum Gasteiger partial charge on any atom is -0.326 e. The van der Waals surface area contributed by atoms with Crippen LogP contribution in [0.25, 0.3) is 11.0 Å². The molecule has 0 N–H and O–H groups in total. The Hall–Kier alpha value is -1.06. The monoisotopic (exact) mass is 279 g/mol. The van der Waals surface area contributed by atoms with Gasteiger partial charge in [-0.15, -0.1) is 11.6 Å². The number of aryl methyl sites for hydroxylation is 1. The number of imidazole rings is 1. The van der Waals surface area contributed by atoms with Gasteiger partial charge in [-0.2, -0.15) is 0 Å². The first-order valence-corrected chi connectivity index (χ1v) is 7.29. The molecule has 4 heteroatoms. The van der Waals surface area contributed by atoms with Crippen molar-refractivity contribution >= 4 is 22.6 Å². The molecular weight excluding hydrogens is 258 g/mol. The van der Waals surface area contributed by atoms with Crippen molar-refractivity contribution in [2.24, 2.45) is 0 Å². The molecule has 0 fully saturated rings. The van der Waals surface area contributed by atoms with Gasteiger partial charge in [0.1, 0.15) is 5.82 Å². The second-order valence-corrected chi connectivity index (χ2v) is 5.60. The summed E-state index contributed by atoms with van der Waals surface area (Å²) in [5.41, 5.74) is 3.47. The lowest BCUT2D eigenvalue weighted by Gasteiger charge is -2.21. The molecule has 0 saturated carbocycles. The fourth-order valence-corrected chi connectivity index (χ4v) is 2.41. The first-order valence-electron chi connectivity index (χ1n) is 6.75. The van der Waals surface area contributed by atoms with Gasteiger partial charge in [0.25, 0.3) is 0 Å². The van der Waals surface area contributed by atoms with Crippen molar-refractivity contribution in [1.29, 1.82) is 0 Å². The van der Waals surface area contributed by atoms with Crippen LogP contribution in [-0.2, 0) is 12.4 Å². The van der Waals surface area contributed by atoms with E-state index in [2.05, 4.69) is 60.5 Å². The van der Waals surface area contributed by atoms with Gasteiger partial charge in [-0.3, -0.25) is 0 Å². The van der Waals surface area contributed by atoms with Crippen molar-refractivity contribution in [1.82, 2.24) is 14.5 Å². The lowest BCUT2D eigenvalue weighted by Crippen LogP contribution is -2.30. The third-order valence-electron chi connectivity index (χ3n) is 3.74. The van der Waals surface area contributed by atoms with E-state index in [0.717, 1.165) is 24.4 Å². The molecule has 2 rings (SSSR count). The van der Waals surface area contributed by atoms with Crippen LogP contribution < -0.4 is 0 Å². The molecule has 0 saturated heterocycles. The van der Waals surface area contributed by atoms with E-state index in [0.29, 0.717) is 11.9 Å². The van der Waals surface area contributed by atoms with Gasteiger partial charge in [0, 0.05) is 19.1 Å². The third kappa shape index (κ3) is 2.93. The zero-order valence-electron chi connectivity index (χ0n) is 12.2. The summed E-state index contributed by atoms with van der Waals surface area (Å²) in [7, 11) is 2.15. The van der Waals surface area contributed by atoms with E-state index in [4.69, 9.17) is 11.6 Å². The van der Waals surface area contributed by atoms with Crippen LogP contribution in [0.2, 0.25) is 0 Å². The van der Waals surface area contributed by atoms with Crippen LogP contribution in [0.15, 0.2) is 18.2 Å². The first kappa shape index (κ1) is 14.4. The Bertz CT molecular complexity index is 560. The number of fused-ring (bicyclic) bond motifs is 1. The SMILES string of the molecule is Cc1cccc2c1nc(CCl)n2CCN(C)C(C)C. The zero-order chi connectivity index (χ0) is 14.0. The van der Waals surface area contributed by atoms with E-state index in [-0.39, 0.29) is 0 Å². The number of alkyl halides is 1. The van der Waals surface area contributed by atoms with Crippen LogP contribution in [0, 0.1) is 6.92 Å². The predicted molar refractivity (Wildman–Crippen MR) is 81.8 cm³/mol. The van der Waals surface area contributed by atoms with Crippen molar-refractivity contribution in [3.8, 4) is 0 Å². The third-order valence-corrected chi connectivity index (χ3v) is 3.98. The lowest BCUT2D eigenvalue weighted by atomic mass is 10.2. The van der Waals surface area contributed by atoms with Crippen molar-refractivity contribution in [3.63, 3.8) is 0 Å². The summed E-state index contributed by atoms with van der Waals surface area (Å²) in [5.74, 6) is 1.42. The van der Waals surface area contributed by atoms with E-state index in [1.807, 2.05) is 0 Å². The first-order chi connectivity index (χ1) is 9.04. The Morgan fingerprint density at radius 3 is 2.74 bits per heavy atom. The molecule has 104 valence electrons. The molecular formula is C15H22ClN3. The van der Waals surface area contributed by atoms with Crippen molar-refractivity contribution < 1.29 is 0 Å². The summed E-state index contributed by atoms with van der Waals surface area (Å²) in [6, 6.07) is 6.86. The summed E-state index contributed by atoms with van der Waals surface area (Å²) in [6.07, 6.45) is 0. The quantitative estimate of drug-likeness (QED) is 0.782. The van der Waals surface area contributed by atoms with Crippen LogP contribution >= 0.6 is 11.6 Å². The van der Waals surface area contributed by atoms with Gasteiger partial charge in [0.15, 0.2) is 0 Å². The molecule has 1 aromatic carbocycles. The maximum Gasteiger partial charge on any atom is 0.124 e. The fourth-order valence-electron chi connectivity index (χ4n) is 2.20. The van der Waals surface area contributed by atoms with Gasteiger partial charge < -0.3 is 9.47 Å². The number of aromatic nitrogens is 2. The van der Waals surface area contributed by atoms with Crippen molar-refractivity contribution in [2.75, 3.05) is 13.6 Å².